The van der Waals surface area contributed by atoms with Crippen molar-refractivity contribution in [3.05, 3.63) is 42.1 Å². The highest BCUT2D eigenvalue weighted by Crippen LogP contribution is 2.12. The molecular weight excluding hydrogens is 272 g/mol. The second-order valence-corrected chi connectivity index (χ2v) is 4.31. The van der Waals surface area contributed by atoms with E-state index < -0.39 is 5.97 Å². The standard InChI is InChI=1S/C15H16N2O4/c1-20-9-8-16-14(18)10-21-15(19)13-7-6-11-4-2-3-5-12(11)17-13/h2-7H,8-10H2,1H3,(H,16,18). The molecule has 1 aromatic heterocycles. The number of amides is 1. The van der Waals surface area contributed by atoms with Crippen LogP contribution in [0.2, 0.25) is 0 Å². The van der Waals surface area contributed by atoms with Crippen LogP contribution in [0.25, 0.3) is 10.9 Å². The van der Waals surface area contributed by atoms with Gasteiger partial charge in [0.1, 0.15) is 5.69 Å². The molecule has 0 saturated carbocycles. The van der Waals surface area contributed by atoms with E-state index in [0.717, 1.165) is 5.39 Å². The first-order valence-corrected chi connectivity index (χ1v) is 6.49. The molecule has 1 N–H and O–H groups in total. The van der Waals surface area contributed by atoms with E-state index in [1.807, 2.05) is 24.3 Å². The molecule has 6 heteroatoms. The van der Waals surface area contributed by atoms with Crippen LogP contribution >= 0.6 is 0 Å². The number of carbonyl (C=O) groups is 2. The average molecular weight is 288 g/mol. The molecule has 0 saturated heterocycles. The zero-order chi connectivity index (χ0) is 15.1. The van der Waals surface area contributed by atoms with Crippen LogP contribution in [0.3, 0.4) is 0 Å². The van der Waals surface area contributed by atoms with Gasteiger partial charge >= 0.3 is 5.97 Å². The number of methoxy groups -OCH3 is 1. The van der Waals surface area contributed by atoms with Gasteiger partial charge in [0.15, 0.2) is 6.61 Å². The number of nitrogens with zero attached hydrogens (tertiary/aromatic N) is 1. The van der Waals surface area contributed by atoms with E-state index in [2.05, 4.69) is 10.3 Å². The molecule has 2 aromatic rings. The predicted molar refractivity (Wildman–Crippen MR) is 76.9 cm³/mol. The highest BCUT2D eigenvalue weighted by molar-refractivity contribution is 5.92. The lowest BCUT2D eigenvalue weighted by atomic mass is 10.2. The van der Waals surface area contributed by atoms with E-state index in [9.17, 15) is 9.59 Å². The van der Waals surface area contributed by atoms with Crippen LogP contribution in [0, 0.1) is 0 Å². The van der Waals surface area contributed by atoms with Crippen LogP contribution in [0.4, 0.5) is 0 Å². The summed E-state index contributed by atoms with van der Waals surface area (Å²) in [7, 11) is 1.54. The maximum absolute atomic E-state index is 11.8. The van der Waals surface area contributed by atoms with Crippen molar-refractivity contribution in [3.63, 3.8) is 0 Å². The highest BCUT2D eigenvalue weighted by Gasteiger charge is 2.11. The first kappa shape index (κ1) is 14.9. The summed E-state index contributed by atoms with van der Waals surface area (Å²) < 4.78 is 9.71. The van der Waals surface area contributed by atoms with Crippen molar-refractivity contribution in [3.8, 4) is 0 Å². The smallest absolute Gasteiger partial charge is 0.357 e. The summed E-state index contributed by atoms with van der Waals surface area (Å²) in [4.78, 5) is 27.4. The molecule has 2 rings (SSSR count). The van der Waals surface area contributed by atoms with Gasteiger partial charge in [-0.1, -0.05) is 24.3 Å². The molecule has 0 fully saturated rings. The van der Waals surface area contributed by atoms with Gasteiger partial charge in [0.2, 0.25) is 0 Å². The summed E-state index contributed by atoms with van der Waals surface area (Å²) in [6, 6.07) is 10.8. The van der Waals surface area contributed by atoms with Gasteiger partial charge in [-0.2, -0.15) is 0 Å². The Hall–Kier alpha value is -2.47. The third kappa shape index (κ3) is 4.25. The average Bonchev–Trinajstić information content (AvgIpc) is 2.52. The number of hydrogen-bond acceptors (Lipinski definition) is 5. The fraction of sp³-hybridized carbons (Fsp3) is 0.267. The molecule has 110 valence electrons. The summed E-state index contributed by atoms with van der Waals surface area (Å²) in [6.07, 6.45) is 0. The van der Waals surface area contributed by atoms with Gasteiger partial charge in [0, 0.05) is 19.0 Å². The predicted octanol–water partition coefficient (Wildman–Crippen LogP) is 1.15. The van der Waals surface area contributed by atoms with Gasteiger partial charge in [-0.3, -0.25) is 4.79 Å². The number of benzene rings is 1. The van der Waals surface area contributed by atoms with E-state index in [1.165, 1.54) is 7.11 Å². The quantitative estimate of drug-likeness (QED) is 0.637. The van der Waals surface area contributed by atoms with Crippen molar-refractivity contribution in [2.45, 2.75) is 0 Å². The summed E-state index contributed by atoms with van der Waals surface area (Å²) in [6.45, 7) is 0.448. The second kappa shape index (κ2) is 7.35. The molecule has 21 heavy (non-hydrogen) atoms. The molecule has 0 aliphatic rings. The summed E-state index contributed by atoms with van der Waals surface area (Å²) in [5.74, 6) is -0.996. The topological polar surface area (TPSA) is 77.5 Å². The van der Waals surface area contributed by atoms with Crippen molar-refractivity contribution >= 4 is 22.8 Å². The monoisotopic (exact) mass is 288 g/mol. The first-order valence-electron chi connectivity index (χ1n) is 6.49. The molecule has 0 spiro atoms. The minimum absolute atomic E-state index is 0.179. The van der Waals surface area contributed by atoms with Crippen LogP contribution in [0.5, 0.6) is 0 Å². The van der Waals surface area contributed by atoms with E-state index in [4.69, 9.17) is 9.47 Å². The zero-order valence-corrected chi connectivity index (χ0v) is 11.7. The van der Waals surface area contributed by atoms with Crippen LogP contribution in [-0.2, 0) is 14.3 Å². The number of fused-ring (bicyclic) bond motifs is 1. The Balaban J connectivity index is 1.91. The van der Waals surface area contributed by atoms with Crippen molar-refractivity contribution in [1.82, 2.24) is 10.3 Å². The molecule has 0 atom stereocenters. The molecule has 0 unspecified atom stereocenters. The van der Waals surface area contributed by atoms with Crippen molar-refractivity contribution in [1.29, 1.82) is 0 Å². The molecule has 6 nitrogen and oxygen atoms in total. The molecular formula is C15H16N2O4. The molecule has 1 heterocycles. The molecule has 0 radical (unpaired) electrons. The maximum Gasteiger partial charge on any atom is 0.357 e. The molecule has 1 amide bonds. The normalized spacial score (nSPS) is 10.3. The van der Waals surface area contributed by atoms with Gasteiger partial charge < -0.3 is 14.8 Å². The van der Waals surface area contributed by atoms with E-state index in [0.29, 0.717) is 18.7 Å². The number of esters is 1. The SMILES string of the molecule is COCCNC(=O)COC(=O)c1ccc2ccccc2n1. The third-order valence-corrected chi connectivity index (χ3v) is 2.77. The lowest BCUT2D eigenvalue weighted by molar-refractivity contribution is -0.124. The Morgan fingerprint density at radius 3 is 2.81 bits per heavy atom. The number of ether oxygens (including phenoxy) is 2. The highest BCUT2D eigenvalue weighted by atomic mass is 16.5. The van der Waals surface area contributed by atoms with E-state index in [-0.39, 0.29) is 18.2 Å². The minimum Gasteiger partial charge on any atom is -0.451 e. The Morgan fingerprint density at radius 2 is 2.00 bits per heavy atom. The number of nitrogens with one attached hydrogen (secondary N) is 1. The fourth-order valence-electron chi connectivity index (χ4n) is 1.73. The second-order valence-electron chi connectivity index (χ2n) is 4.31. The van der Waals surface area contributed by atoms with Gasteiger partial charge in [0.25, 0.3) is 5.91 Å². The summed E-state index contributed by atoms with van der Waals surface area (Å²) in [5, 5.41) is 3.49. The number of aromatic nitrogens is 1. The molecule has 1 aromatic carbocycles. The van der Waals surface area contributed by atoms with Gasteiger partial charge in [0.05, 0.1) is 12.1 Å². The zero-order valence-electron chi connectivity index (χ0n) is 11.7. The van der Waals surface area contributed by atoms with Gasteiger partial charge in [-0.05, 0) is 12.1 Å². The van der Waals surface area contributed by atoms with Gasteiger partial charge in [-0.15, -0.1) is 0 Å². The number of carbonyl (C=O) groups excluding carboxylic acids is 2. The third-order valence-electron chi connectivity index (χ3n) is 2.77. The first-order chi connectivity index (χ1) is 10.2. The largest absolute Gasteiger partial charge is 0.451 e. The number of hydrogen-bond donors (Lipinski definition) is 1. The molecule has 0 aliphatic carbocycles. The summed E-state index contributed by atoms with van der Waals surface area (Å²) >= 11 is 0. The molecule has 0 aliphatic heterocycles. The van der Waals surface area contributed by atoms with E-state index >= 15 is 0 Å². The van der Waals surface area contributed by atoms with Crippen LogP contribution in [0.15, 0.2) is 36.4 Å². The summed E-state index contributed by atoms with van der Waals surface area (Å²) in [5.41, 5.74) is 0.884. The lowest BCUT2D eigenvalue weighted by Gasteiger charge is -2.06. The lowest BCUT2D eigenvalue weighted by Crippen LogP contribution is -2.31. The Kier molecular flexibility index (Phi) is 5.22. The Bertz CT molecular complexity index is 642. The van der Waals surface area contributed by atoms with Crippen LogP contribution < -0.4 is 5.32 Å². The van der Waals surface area contributed by atoms with Crippen molar-refractivity contribution in [2.75, 3.05) is 26.9 Å². The number of pyridine rings is 1. The van der Waals surface area contributed by atoms with E-state index in [1.54, 1.807) is 12.1 Å². The Labute approximate surface area is 122 Å². The molecule has 0 bridgehead atoms. The number of rotatable bonds is 6. The fourth-order valence-corrected chi connectivity index (χ4v) is 1.73. The van der Waals surface area contributed by atoms with Gasteiger partial charge in [-0.25, -0.2) is 9.78 Å². The van der Waals surface area contributed by atoms with Crippen molar-refractivity contribution < 1.29 is 19.1 Å². The maximum atomic E-state index is 11.8. The number of para-hydroxylation sites is 1. The van der Waals surface area contributed by atoms with Crippen LogP contribution in [0.1, 0.15) is 10.5 Å². The van der Waals surface area contributed by atoms with Crippen LogP contribution in [-0.4, -0.2) is 43.7 Å². The minimum atomic E-state index is -0.623. The Morgan fingerprint density at radius 1 is 1.19 bits per heavy atom. The van der Waals surface area contributed by atoms with Crippen molar-refractivity contribution in [2.24, 2.45) is 0 Å².